The van der Waals surface area contributed by atoms with Gasteiger partial charge in [0.15, 0.2) is 5.76 Å². The van der Waals surface area contributed by atoms with Gasteiger partial charge in [0.05, 0.1) is 5.69 Å². The standard InChI is InChI=1S/C21H25N3O2/c1-13(2)20-19(14(3)23-26-20)21(25)24-10-8-15(9-11-24)17-12-22-18-7-5-4-6-16(17)18/h4-7,12-13,15,22H,8-11H2,1-3H3. The first kappa shape index (κ1) is 16.9. The van der Waals surface area contributed by atoms with E-state index in [-0.39, 0.29) is 11.8 Å². The van der Waals surface area contributed by atoms with Crippen molar-refractivity contribution in [2.45, 2.75) is 45.4 Å². The van der Waals surface area contributed by atoms with Crippen LogP contribution >= 0.6 is 0 Å². The Morgan fingerprint density at radius 3 is 2.73 bits per heavy atom. The lowest BCUT2D eigenvalue weighted by Crippen LogP contribution is -2.38. The van der Waals surface area contributed by atoms with Crippen LogP contribution in [0.15, 0.2) is 35.0 Å². The van der Waals surface area contributed by atoms with Crippen molar-refractivity contribution in [3.05, 3.63) is 53.0 Å². The van der Waals surface area contributed by atoms with E-state index < -0.39 is 0 Å². The minimum atomic E-state index is 0.0600. The molecule has 3 aromatic rings. The van der Waals surface area contributed by atoms with E-state index in [9.17, 15) is 4.79 Å². The van der Waals surface area contributed by atoms with Gasteiger partial charge in [-0.3, -0.25) is 4.79 Å². The van der Waals surface area contributed by atoms with Gasteiger partial charge in [-0.15, -0.1) is 0 Å². The number of fused-ring (bicyclic) bond motifs is 1. The number of carbonyl (C=O) groups is 1. The van der Waals surface area contributed by atoms with Crippen molar-refractivity contribution >= 4 is 16.8 Å². The highest BCUT2D eigenvalue weighted by Gasteiger charge is 2.30. The number of aromatic nitrogens is 2. The molecule has 0 saturated carbocycles. The van der Waals surface area contributed by atoms with Crippen molar-refractivity contribution in [2.75, 3.05) is 13.1 Å². The van der Waals surface area contributed by atoms with E-state index in [1.807, 2.05) is 25.7 Å². The summed E-state index contributed by atoms with van der Waals surface area (Å²) in [4.78, 5) is 18.4. The van der Waals surface area contributed by atoms with Crippen LogP contribution in [-0.2, 0) is 0 Å². The molecular weight excluding hydrogens is 326 g/mol. The van der Waals surface area contributed by atoms with Crippen molar-refractivity contribution in [3.63, 3.8) is 0 Å². The Hall–Kier alpha value is -2.56. The Morgan fingerprint density at radius 1 is 1.27 bits per heavy atom. The SMILES string of the molecule is Cc1noc(C(C)C)c1C(=O)N1CCC(c2c[nH]c3ccccc23)CC1. The number of hydrogen-bond donors (Lipinski definition) is 1. The molecule has 1 amide bonds. The van der Waals surface area contributed by atoms with Gasteiger partial charge in [0.2, 0.25) is 0 Å². The number of rotatable bonds is 3. The first-order chi connectivity index (χ1) is 12.6. The van der Waals surface area contributed by atoms with Gasteiger partial charge in [-0.1, -0.05) is 37.2 Å². The van der Waals surface area contributed by atoms with Crippen LogP contribution in [0, 0.1) is 6.92 Å². The molecule has 5 nitrogen and oxygen atoms in total. The van der Waals surface area contributed by atoms with Gasteiger partial charge in [-0.2, -0.15) is 0 Å². The van der Waals surface area contributed by atoms with E-state index in [4.69, 9.17) is 4.52 Å². The fourth-order valence-electron chi connectivity index (χ4n) is 4.02. The fourth-order valence-corrected chi connectivity index (χ4v) is 4.02. The van der Waals surface area contributed by atoms with Crippen molar-refractivity contribution < 1.29 is 9.32 Å². The zero-order valence-electron chi connectivity index (χ0n) is 15.6. The largest absolute Gasteiger partial charge is 0.361 e. The third-order valence-corrected chi connectivity index (χ3v) is 5.47. The minimum Gasteiger partial charge on any atom is -0.361 e. The summed E-state index contributed by atoms with van der Waals surface area (Å²) in [6.45, 7) is 7.44. The number of amides is 1. The predicted molar refractivity (Wildman–Crippen MR) is 102 cm³/mol. The number of aryl methyl sites for hydroxylation is 1. The van der Waals surface area contributed by atoms with Crippen LogP contribution in [0.5, 0.6) is 0 Å². The molecule has 1 saturated heterocycles. The molecular formula is C21H25N3O2. The van der Waals surface area contributed by atoms with Crippen LogP contribution in [0.4, 0.5) is 0 Å². The highest BCUT2D eigenvalue weighted by atomic mass is 16.5. The van der Waals surface area contributed by atoms with Crippen molar-refractivity contribution in [2.24, 2.45) is 0 Å². The number of piperidine rings is 1. The van der Waals surface area contributed by atoms with Gasteiger partial charge >= 0.3 is 0 Å². The lowest BCUT2D eigenvalue weighted by atomic mass is 9.89. The molecule has 0 bridgehead atoms. The Bertz CT molecular complexity index is 930. The number of nitrogens with zero attached hydrogens (tertiary/aromatic N) is 2. The van der Waals surface area contributed by atoms with Gasteiger partial charge < -0.3 is 14.4 Å². The van der Waals surface area contributed by atoms with E-state index in [1.165, 1.54) is 16.5 Å². The molecule has 0 unspecified atom stereocenters. The molecule has 1 aliphatic heterocycles. The topological polar surface area (TPSA) is 62.1 Å². The van der Waals surface area contributed by atoms with Crippen LogP contribution < -0.4 is 0 Å². The minimum absolute atomic E-state index is 0.0600. The summed E-state index contributed by atoms with van der Waals surface area (Å²) >= 11 is 0. The Kier molecular flexibility index (Phi) is 4.31. The number of H-pyrrole nitrogens is 1. The maximum absolute atomic E-state index is 13.0. The van der Waals surface area contributed by atoms with Gasteiger partial charge in [0, 0.05) is 36.1 Å². The second-order valence-corrected chi connectivity index (χ2v) is 7.52. The molecule has 0 atom stereocenters. The van der Waals surface area contributed by atoms with E-state index in [1.54, 1.807) is 0 Å². The summed E-state index contributed by atoms with van der Waals surface area (Å²) in [5.74, 6) is 1.40. The van der Waals surface area contributed by atoms with Crippen LogP contribution in [0.3, 0.4) is 0 Å². The summed E-state index contributed by atoms with van der Waals surface area (Å²) in [5, 5.41) is 5.32. The van der Waals surface area contributed by atoms with E-state index in [0.29, 0.717) is 22.9 Å². The number of hydrogen-bond acceptors (Lipinski definition) is 3. The number of likely N-dealkylation sites (tertiary alicyclic amines) is 1. The van der Waals surface area contributed by atoms with Crippen LogP contribution in [0.25, 0.3) is 10.9 Å². The molecule has 4 rings (SSSR count). The third-order valence-electron chi connectivity index (χ3n) is 5.47. The number of para-hydroxylation sites is 1. The molecule has 0 spiro atoms. The Labute approximate surface area is 153 Å². The number of carbonyl (C=O) groups excluding carboxylic acids is 1. The van der Waals surface area contributed by atoms with E-state index in [2.05, 4.69) is 40.6 Å². The normalized spacial score (nSPS) is 15.9. The number of nitrogens with one attached hydrogen (secondary N) is 1. The number of benzene rings is 1. The molecule has 0 aliphatic carbocycles. The summed E-state index contributed by atoms with van der Waals surface area (Å²) in [6, 6.07) is 8.42. The molecule has 0 radical (unpaired) electrons. The van der Waals surface area contributed by atoms with Gasteiger partial charge in [-0.05, 0) is 37.3 Å². The zero-order chi connectivity index (χ0) is 18.3. The van der Waals surface area contributed by atoms with Crippen molar-refractivity contribution in [1.82, 2.24) is 15.0 Å². The average molecular weight is 351 g/mol. The lowest BCUT2D eigenvalue weighted by molar-refractivity contribution is 0.0710. The van der Waals surface area contributed by atoms with Crippen molar-refractivity contribution in [1.29, 1.82) is 0 Å². The third kappa shape index (κ3) is 2.81. The van der Waals surface area contributed by atoms with Crippen LogP contribution in [0.2, 0.25) is 0 Å². The van der Waals surface area contributed by atoms with E-state index in [0.717, 1.165) is 25.9 Å². The molecule has 136 valence electrons. The molecule has 3 heterocycles. The quantitative estimate of drug-likeness (QED) is 0.749. The van der Waals surface area contributed by atoms with Gasteiger partial charge in [-0.25, -0.2) is 0 Å². The summed E-state index contributed by atoms with van der Waals surface area (Å²) in [5.41, 5.74) is 3.91. The maximum atomic E-state index is 13.0. The summed E-state index contributed by atoms with van der Waals surface area (Å²) < 4.78 is 5.40. The molecule has 2 aromatic heterocycles. The monoisotopic (exact) mass is 351 g/mol. The van der Waals surface area contributed by atoms with Crippen molar-refractivity contribution in [3.8, 4) is 0 Å². The average Bonchev–Trinajstić information content (AvgIpc) is 3.25. The zero-order valence-corrected chi connectivity index (χ0v) is 15.6. The summed E-state index contributed by atoms with van der Waals surface area (Å²) in [6.07, 6.45) is 4.09. The van der Waals surface area contributed by atoms with Gasteiger partial charge in [0.25, 0.3) is 5.91 Å². The molecule has 26 heavy (non-hydrogen) atoms. The second-order valence-electron chi connectivity index (χ2n) is 7.52. The lowest BCUT2D eigenvalue weighted by Gasteiger charge is -2.32. The Morgan fingerprint density at radius 2 is 2.00 bits per heavy atom. The molecule has 5 heteroatoms. The highest BCUT2D eigenvalue weighted by molar-refractivity contribution is 5.96. The summed E-state index contributed by atoms with van der Waals surface area (Å²) in [7, 11) is 0. The van der Waals surface area contributed by atoms with E-state index >= 15 is 0 Å². The first-order valence-electron chi connectivity index (χ1n) is 9.37. The first-order valence-corrected chi connectivity index (χ1v) is 9.37. The molecule has 1 aliphatic rings. The number of aromatic amines is 1. The second kappa shape index (κ2) is 6.63. The highest BCUT2D eigenvalue weighted by Crippen LogP contribution is 2.34. The fraction of sp³-hybridized carbons (Fsp3) is 0.429. The smallest absolute Gasteiger partial charge is 0.259 e. The van der Waals surface area contributed by atoms with Crippen LogP contribution in [-0.4, -0.2) is 34.0 Å². The van der Waals surface area contributed by atoms with Gasteiger partial charge in [0.1, 0.15) is 5.56 Å². The molecule has 1 fully saturated rings. The molecule has 1 aromatic carbocycles. The molecule has 1 N–H and O–H groups in total. The maximum Gasteiger partial charge on any atom is 0.259 e. The van der Waals surface area contributed by atoms with Crippen LogP contribution in [0.1, 0.15) is 65.9 Å². The predicted octanol–water partition coefficient (Wildman–Crippen LogP) is 4.61. The Balaban J connectivity index is 1.50.